The fourth-order valence-corrected chi connectivity index (χ4v) is 1.81. The molecule has 0 amide bonds. The third-order valence-corrected chi connectivity index (χ3v) is 3.30. The highest BCUT2D eigenvalue weighted by atomic mass is 35.5. The zero-order valence-corrected chi connectivity index (χ0v) is 12.4. The predicted octanol–water partition coefficient (Wildman–Crippen LogP) is 3.50. The summed E-state index contributed by atoms with van der Waals surface area (Å²) in [5.41, 5.74) is 1.67. The van der Waals surface area contributed by atoms with E-state index in [4.69, 9.17) is 16.3 Å². The fourth-order valence-electron chi connectivity index (χ4n) is 1.52. The number of carbonyl (C=O) groups is 1. The van der Waals surface area contributed by atoms with Crippen molar-refractivity contribution >= 4 is 23.6 Å². The van der Waals surface area contributed by atoms with Gasteiger partial charge in [-0.05, 0) is 38.0 Å². The minimum atomic E-state index is -0.493. The van der Waals surface area contributed by atoms with E-state index in [-0.39, 0.29) is 23.1 Å². The fraction of sp³-hybridized carbons (Fsp3) is 0.267. The van der Waals surface area contributed by atoms with Crippen LogP contribution in [0.25, 0.3) is 6.08 Å². The van der Waals surface area contributed by atoms with Crippen LogP contribution >= 0.6 is 11.6 Å². The van der Waals surface area contributed by atoms with Crippen LogP contribution in [0, 0.1) is 13.8 Å². The summed E-state index contributed by atoms with van der Waals surface area (Å²) in [5.74, 6) is -0.568. The lowest BCUT2D eigenvalue weighted by molar-refractivity contribution is -0.137. The van der Waals surface area contributed by atoms with E-state index in [0.29, 0.717) is 22.3 Å². The van der Waals surface area contributed by atoms with Gasteiger partial charge >= 0.3 is 5.97 Å². The molecule has 4 nitrogen and oxygen atoms in total. The van der Waals surface area contributed by atoms with Crippen molar-refractivity contribution in [1.82, 2.24) is 0 Å². The van der Waals surface area contributed by atoms with Crippen LogP contribution in [0.4, 0.5) is 0 Å². The molecule has 1 aromatic carbocycles. The zero-order chi connectivity index (χ0) is 15.4. The molecule has 0 bridgehead atoms. The quantitative estimate of drug-likeness (QED) is 0.507. The van der Waals surface area contributed by atoms with Gasteiger partial charge in [-0.2, -0.15) is 0 Å². The number of aromatic hydroxyl groups is 2. The van der Waals surface area contributed by atoms with Crippen LogP contribution in [0.2, 0.25) is 5.02 Å². The number of ether oxygens (including phenoxy) is 1. The Kier molecular flexibility index (Phi) is 5.22. The topological polar surface area (TPSA) is 66.8 Å². The summed E-state index contributed by atoms with van der Waals surface area (Å²) >= 11 is 5.98. The number of carbonyl (C=O) groups excluding carboxylic acids is 1. The summed E-state index contributed by atoms with van der Waals surface area (Å²) < 4.78 is 4.88. The molecule has 0 aliphatic rings. The first-order chi connectivity index (χ1) is 9.27. The maximum atomic E-state index is 11.2. The number of rotatable bonds is 4. The maximum absolute atomic E-state index is 11.2. The molecule has 0 fully saturated rings. The molecule has 0 aliphatic carbocycles. The molecule has 5 heteroatoms. The Morgan fingerprint density at radius 2 is 1.85 bits per heavy atom. The molecular formula is C15H17ClO4. The van der Waals surface area contributed by atoms with E-state index in [1.807, 2.05) is 0 Å². The molecule has 0 saturated heterocycles. The third-order valence-electron chi connectivity index (χ3n) is 2.92. The second-order valence-corrected chi connectivity index (χ2v) is 4.83. The minimum absolute atomic E-state index is 0.00669. The van der Waals surface area contributed by atoms with Crippen LogP contribution < -0.4 is 0 Å². The third kappa shape index (κ3) is 3.33. The van der Waals surface area contributed by atoms with Gasteiger partial charge in [-0.3, -0.25) is 0 Å². The van der Waals surface area contributed by atoms with Crippen molar-refractivity contribution in [3.63, 3.8) is 0 Å². The molecule has 0 aliphatic heterocycles. The van der Waals surface area contributed by atoms with Gasteiger partial charge in [0.25, 0.3) is 0 Å². The summed E-state index contributed by atoms with van der Waals surface area (Å²) in [6.45, 7) is 8.38. The van der Waals surface area contributed by atoms with E-state index < -0.39 is 5.97 Å². The Bertz CT molecular complexity index is 559. The van der Waals surface area contributed by atoms with Crippen molar-refractivity contribution in [1.29, 1.82) is 0 Å². The predicted molar refractivity (Wildman–Crippen MR) is 79.1 cm³/mol. The van der Waals surface area contributed by atoms with Crippen molar-refractivity contribution in [2.45, 2.75) is 20.8 Å². The van der Waals surface area contributed by atoms with Crippen molar-refractivity contribution in [3.8, 4) is 11.5 Å². The van der Waals surface area contributed by atoms with E-state index >= 15 is 0 Å². The highest BCUT2D eigenvalue weighted by molar-refractivity contribution is 6.34. The van der Waals surface area contributed by atoms with Gasteiger partial charge in [0.2, 0.25) is 0 Å². The van der Waals surface area contributed by atoms with Gasteiger partial charge in [0.1, 0.15) is 18.1 Å². The standard InChI is InChI=1S/C15H17ClO4/c1-8(2)15(19)20-7-5-6-11-12(16)14(18)10(4)9(3)13(11)17/h5-6,17-18H,1,7H2,2-4H3/b6-5+. The minimum Gasteiger partial charge on any atom is -0.507 e. The molecule has 0 unspecified atom stereocenters. The van der Waals surface area contributed by atoms with Crippen LogP contribution in [0.1, 0.15) is 23.6 Å². The number of esters is 1. The number of benzene rings is 1. The summed E-state index contributed by atoms with van der Waals surface area (Å²) in [6.07, 6.45) is 3.02. The van der Waals surface area contributed by atoms with Gasteiger partial charge < -0.3 is 14.9 Å². The average Bonchev–Trinajstić information content (AvgIpc) is 2.41. The van der Waals surface area contributed by atoms with Crippen molar-refractivity contribution in [2.75, 3.05) is 6.61 Å². The molecule has 108 valence electrons. The van der Waals surface area contributed by atoms with Gasteiger partial charge in [0.05, 0.1) is 5.02 Å². The number of halogens is 1. The Balaban J connectivity index is 2.94. The van der Waals surface area contributed by atoms with E-state index in [1.165, 1.54) is 12.2 Å². The Morgan fingerprint density at radius 1 is 1.30 bits per heavy atom. The normalized spacial score (nSPS) is 10.8. The second kappa shape index (κ2) is 6.48. The number of hydrogen-bond acceptors (Lipinski definition) is 4. The van der Waals surface area contributed by atoms with E-state index in [0.717, 1.165) is 0 Å². The Morgan fingerprint density at radius 3 is 2.40 bits per heavy atom. The molecule has 0 heterocycles. The lowest BCUT2D eigenvalue weighted by Crippen LogP contribution is -2.04. The van der Waals surface area contributed by atoms with Crippen molar-refractivity contribution in [2.24, 2.45) is 0 Å². The molecule has 0 radical (unpaired) electrons. The van der Waals surface area contributed by atoms with Crippen LogP contribution in [0.15, 0.2) is 18.2 Å². The molecule has 1 rings (SSSR count). The van der Waals surface area contributed by atoms with Gasteiger partial charge in [0.15, 0.2) is 0 Å². The summed E-state index contributed by atoms with van der Waals surface area (Å²) in [5, 5.41) is 19.9. The van der Waals surface area contributed by atoms with Gasteiger partial charge in [-0.1, -0.05) is 24.3 Å². The van der Waals surface area contributed by atoms with E-state index in [1.54, 1.807) is 20.8 Å². The lowest BCUT2D eigenvalue weighted by Gasteiger charge is -2.12. The summed E-state index contributed by atoms with van der Waals surface area (Å²) in [4.78, 5) is 11.2. The number of hydrogen-bond donors (Lipinski definition) is 2. The molecule has 0 saturated carbocycles. The van der Waals surface area contributed by atoms with Gasteiger partial charge in [0, 0.05) is 11.1 Å². The van der Waals surface area contributed by atoms with Crippen molar-refractivity contribution in [3.05, 3.63) is 39.9 Å². The molecule has 0 atom stereocenters. The molecule has 0 aromatic heterocycles. The lowest BCUT2D eigenvalue weighted by atomic mass is 10.0. The molecule has 1 aromatic rings. The highest BCUT2D eigenvalue weighted by Gasteiger charge is 2.15. The van der Waals surface area contributed by atoms with Crippen LogP contribution in [0.3, 0.4) is 0 Å². The first-order valence-electron chi connectivity index (χ1n) is 5.97. The van der Waals surface area contributed by atoms with Gasteiger partial charge in [-0.25, -0.2) is 4.79 Å². The molecular weight excluding hydrogens is 280 g/mol. The molecule has 20 heavy (non-hydrogen) atoms. The SMILES string of the molecule is C=C(C)C(=O)OC/C=C/c1c(O)c(C)c(C)c(O)c1Cl. The van der Waals surface area contributed by atoms with Crippen LogP contribution in [-0.2, 0) is 9.53 Å². The molecule has 2 N–H and O–H groups in total. The zero-order valence-electron chi connectivity index (χ0n) is 11.7. The highest BCUT2D eigenvalue weighted by Crippen LogP contribution is 2.40. The van der Waals surface area contributed by atoms with E-state index in [2.05, 4.69) is 6.58 Å². The maximum Gasteiger partial charge on any atom is 0.333 e. The van der Waals surface area contributed by atoms with Crippen molar-refractivity contribution < 1.29 is 19.7 Å². The Labute approximate surface area is 123 Å². The first kappa shape index (κ1) is 16.1. The number of phenols is 2. The Hall–Kier alpha value is -1.94. The monoisotopic (exact) mass is 296 g/mol. The van der Waals surface area contributed by atoms with Crippen LogP contribution in [-0.4, -0.2) is 22.8 Å². The van der Waals surface area contributed by atoms with Crippen LogP contribution in [0.5, 0.6) is 11.5 Å². The van der Waals surface area contributed by atoms with Gasteiger partial charge in [-0.15, -0.1) is 0 Å². The molecule has 0 spiro atoms. The first-order valence-corrected chi connectivity index (χ1v) is 6.34. The smallest absolute Gasteiger partial charge is 0.333 e. The van der Waals surface area contributed by atoms with E-state index in [9.17, 15) is 15.0 Å². The summed E-state index contributed by atoms with van der Waals surface area (Å²) in [6, 6.07) is 0. The second-order valence-electron chi connectivity index (χ2n) is 4.46. The summed E-state index contributed by atoms with van der Waals surface area (Å²) in [7, 11) is 0. The average molecular weight is 297 g/mol. The number of phenolic OH excluding ortho intramolecular Hbond substituents is 2. The largest absolute Gasteiger partial charge is 0.507 e.